The number of piperidine rings is 1. The van der Waals surface area contributed by atoms with Gasteiger partial charge in [0.1, 0.15) is 12.1 Å². The van der Waals surface area contributed by atoms with E-state index in [4.69, 9.17) is 0 Å². The lowest BCUT2D eigenvalue weighted by molar-refractivity contribution is 0.0907. The van der Waals surface area contributed by atoms with E-state index in [1.807, 2.05) is 24.4 Å². The molecular formula is C26H28N6O. The van der Waals surface area contributed by atoms with Gasteiger partial charge in [0.25, 0.3) is 0 Å². The van der Waals surface area contributed by atoms with E-state index in [9.17, 15) is 5.11 Å². The van der Waals surface area contributed by atoms with Crippen LogP contribution in [0.15, 0.2) is 67.3 Å². The number of anilines is 1. The second-order valence-electron chi connectivity index (χ2n) is 9.25. The number of hydrogen-bond acceptors (Lipinski definition) is 6. The Bertz CT molecular complexity index is 1260. The Morgan fingerprint density at radius 2 is 1.79 bits per heavy atom. The standard InChI is InChI=1S/C26H28N6O/c1-30-11-9-21(10-12-30)32-15-20(14-29-32)19-7-8-22-23(13-19)27-17-28-26(22)31-16-24(33)25(31)18-5-3-2-4-6-18/h2-8,13-15,17,21,24-25,33H,9-12,16H2,1H3/t24-,25+/m1/s1. The number of aliphatic hydroxyl groups excluding tert-OH is 1. The zero-order chi connectivity index (χ0) is 22.4. The fourth-order valence-corrected chi connectivity index (χ4v) is 5.15. The van der Waals surface area contributed by atoms with Gasteiger partial charge in [-0.2, -0.15) is 5.10 Å². The third-order valence-electron chi connectivity index (χ3n) is 7.11. The lowest BCUT2D eigenvalue weighted by Gasteiger charge is -2.46. The smallest absolute Gasteiger partial charge is 0.140 e. The highest BCUT2D eigenvalue weighted by atomic mass is 16.3. The van der Waals surface area contributed by atoms with Crippen LogP contribution in [0.5, 0.6) is 0 Å². The number of β-amino-alcohol motifs (C(OH)–C–C–N with tert-alkyl or cyclic N) is 1. The van der Waals surface area contributed by atoms with E-state index in [2.05, 4.69) is 73.1 Å². The minimum atomic E-state index is -0.401. The molecule has 0 bridgehead atoms. The first-order valence-corrected chi connectivity index (χ1v) is 11.6. The molecule has 0 spiro atoms. The third-order valence-corrected chi connectivity index (χ3v) is 7.11. The van der Waals surface area contributed by atoms with Gasteiger partial charge >= 0.3 is 0 Å². The molecule has 168 valence electrons. The Balaban J connectivity index is 1.29. The van der Waals surface area contributed by atoms with Gasteiger partial charge in [-0.3, -0.25) is 4.68 Å². The molecule has 33 heavy (non-hydrogen) atoms. The van der Waals surface area contributed by atoms with Crippen LogP contribution in [0, 0.1) is 0 Å². The van der Waals surface area contributed by atoms with Crippen molar-refractivity contribution in [3.63, 3.8) is 0 Å². The number of nitrogens with zero attached hydrogens (tertiary/aromatic N) is 6. The van der Waals surface area contributed by atoms with Crippen molar-refractivity contribution in [2.24, 2.45) is 0 Å². The maximum absolute atomic E-state index is 10.5. The van der Waals surface area contributed by atoms with Gasteiger partial charge in [0.15, 0.2) is 0 Å². The third kappa shape index (κ3) is 3.67. The van der Waals surface area contributed by atoms with Crippen LogP contribution in [0.25, 0.3) is 22.0 Å². The highest BCUT2D eigenvalue weighted by Gasteiger charge is 2.40. The number of fused-ring (bicyclic) bond motifs is 1. The number of aliphatic hydroxyl groups is 1. The molecule has 2 saturated heterocycles. The number of benzene rings is 2. The SMILES string of the molecule is CN1CCC(n2cc(-c3ccc4c(N5C[C@@H](O)[C@@H]5c5ccccc5)ncnc4c3)cn2)CC1. The van der Waals surface area contributed by atoms with E-state index in [0.29, 0.717) is 12.6 Å². The van der Waals surface area contributed by atoms with Gasteiger partial charge in [0.2, 0.25) is 0 Å². The van der Waals surface area contributed by atoms with Gasteiger partial charge in [0, 0.05) is 23.7 Å². The monoisotopic (exact) mass is 440 g/mol. The maximum Gasteiger partial charge on any atom is 0.140 e. The molecule has 2 atom stereocenters. The summed E-state index contributed by atoms with van der Waals surface area (Å²) in [7, 11) is 2.18. The van der Waals surface area contributed by atoms with Crippen LogP contribution in [0.4, 0.5) is 5.82 Å². The average Bonchev–Trinajstić information content (AvgIpc) is 3.33. The van der Waals surface area contributed by atoms with Crippen molar-refractivity contribution in [1.29, 1.82) is 0 Å². The quantitative estimate of drug-likeness (QED) is 0.522. The van der Waals surface area contributed by atoms with Gasteiger partial charge in [-0.05, 0) is 56.2 Å². The summed E-state index contributed by atoms with van der Waals surface area (Å²) in [6.07, 6.45) is 7.61. The Hall–Kier alpha value is -3.29. The summed E-state index contributed by atoms with van der Waals surface area (Å²) >= 11 is 0. The predicted molar refractivity (Wildman–Crippen MR) is 129 cm³/mol. The Kier molecular flexibility index (Phi) is 5.08. The highest BCUT2D eigenvalue weighted by molar-refractivity contribution is 5.92. The largest absolute Gasteiger partial charge is 0.389 e. The van der Waals surface area contributed by atoms with Gasteiger partial charge in [0.05, 0.1) is 29.9 Å². The summed E-state index contributed by atoms with van der Waals surface area (Å²) < 4.78 is 2.13. The van der Waals surface area contributed by atoms with E-state index in [0.717, 1.165) is 59.3 Å². The van der Waals surface area contributed by atoms with E-state index in [1.165, 1.54) is 0 Å². The van der Waals surface area contributed by atoms with Crippen molar-refractivity contribution in [3.05, 3.63) is 72.8 Å². The van der Waals surface area contributed by atoms with Gasteiger partial charge in [-0.25, -0.2) is 9.97 Å². The van der Waals surface area contributed by atoms with Crippen LogP contribution in [-0.2, 0) is 0 Å². The first-order valence-electron chi connectivity index (χ1n) is 11.6. The minimum Gasteiger partial charge on any atom is -0.389 e. The van der Waals surface area contributed by atoms with Crippen molar-refractivity contribution >= 4 is 16.7 Å². The molecule has 6 rings (SSSR count). The molecular weight excluding hydrogens is 412 g/mol. The molecule has 0 amide bonds. The van der Waals surface area contributed by atoms with E-state index >= 15 is 0 Å². The summed E-state index contributed by atoms with van der Waals surface area (Å²) in [6.45, 7) is 2.80. The minimum absolute atomic E-state index is 0.0863. The van der Waals surface area contributed by atoms with E-state index in [-0.39, 0.29) is 6.04 Å². The molecule has 4 heterocycles. The second kappa shape index (κ2) is 8.24. The number of likely N-dealkylation sites (tertiary alicyclic amines) is 1. The molecule has 0 unspecified atom stereocenters. The van der Waals surface area contributed by atoms with Crippen LogP contribution in [-0.4, -0.2) is 62.5 Å². The molecule has 1 N–H and O–H groups in total. The summed E-state index contributed by atoms with van der Waals surface area (Å²) in [4.78, 5) is 13.7. The molecule has 2 aliphatic rings. The summed E-state index contributed by atoms with van der Waals surface area (Å²) in [6, 6.07) is 16.9. The van der Waals surface area contributed by atoms with Crippen molar-refractivity contribution in [1.82, 2.24) is 24.6 Å². The molecule has 2 aliphatic heterocycles. The van der Waals surface area contributed by atoms with E-state index in [1.54, 1.807) is 6.33 Å². The zero-order valence-corrected chi connectivity index (χ0v) is 18.7. The Morgan fingerprint density at radius 3 is 2.58 bits per heavy atom. The Labute approximate surface area is 193 Å². The fraction of sp³-hybridized carbons (Fsp3) is 0.346. The molecule has 0 aliphatic carbocycles. The first kappa shape index (κ1) is 20.3. The molecule has 0 saturated carbocycles. The molecule has 7 nitrogen and oxygen atoms in total. The zero-order valence-electron chi connectivity index (χ0n) is 18.7. The topological polar surface area (TPSA) is 70.3 Å². The van der Waals surface area contributed by atoms with Crippen molar-refractivity contribution < 1.29 is 5.11 Å². The normalized spacial score (nSPS) is 21.9. The maximum atomic E-state index is 10.5. The molecule has 2 aromatic carbocycles. The predicted octanol–water partition coefficient (Wildman–Crippen LogP) is 3.68. The van der Waals surface area contributed by atoms with Gasteiger partial charge in [-0.15, -0.1) is 0 Å². The van der Waals surface area contributed by atoms with Crippen molar-refractivity contribution in [2.45, 2.75) is 31.0 Å². The van der Waals surface area contributed by atoms with Crippen LogP contribution < -0.4 is 4.90 Å². The highest BCUT2D eigenvalue weighted by Crippen LogP contribution is 2.40. The molecule has 0 radical (unpaired) electrons. The summed E-state index contributed by atoms with van der Waals surface area (Å²) in [5, 5.41) is 16.2. The molecule has 2 aromatic heterocycles. The first-order chi connectivity index (χ1) is 16.2. The molecule has 7 heteroatoms. The van der Waals surface area contributed by atoms with Gasteiger partial charge in [-0.1, -0.05) is 36.4 Å². The number of rotatable bonds is 4. The number of hydrogen-bond donors (Lipinski definition) is 1. The molecule has 2 fully saturated rings. The van der Waals surface area contributed by atoms with Crippen molar-refractivity contribution in [3.8, 4) is 11.1 Å². The van der Waals surface area contributed by atoms with Crippen molar-refractivity contribution in [2.75, 3.05) is 31.6 Å². The summed E-state index contributed by atoms with van der Waals surface area (Å²) in [5.74, 6) is 0.868. The van der Waals surface area contributed by atoms with Crippen LogP contribution >= 0.6 is 0 Å². The lowest BCUT2D eigenvalue weighted by atomic mass is 9.91. The molecule has 4 aromatic rings. The van der Waals surface area contributed by atoms with Crippen LogP contribution in [0.3, 0.4) is 0 Å². The van der Waals surface area contributed by atoms with E-state index < -0.39 is 6.10 Å². The van der Waals surface area contributed by atoms with Crippen LogP contribution in [0.1, 0.15) is 30.5 Å². The Morgan fingerprint density at radius 1 is 0.970 bits per heavy atom. The average molecular weight is 441 g/mol. The van der Waals surface area contributed by atoms with Crippen LogP contribution in [0.2, 0.25) is 0 Å². The second-order valence-corrected chi connectivity index (χ2v) is 9.25. The lowest BCUT2D eigenvalue weighted by Crippen LogP contribution is -2.54. The number of aromatic nitrogens is 4. The summed E-state index contributed by atoms with van der Waals surface area (Å²) in [5.41, 5.74) is 4.21. The fourth-order valence-electron chi connectivity index (χ4n) is 5.15. The van der Waals surface area contributed by atoms with Gasteiger partial charge < -0.3 is 14.9 Å².